The fourth-order valence-electron chi connectivity index (χ4n) is 3.94. The minimum absolute atomic E-state index is 0.130. The summed E-state index contributed by atoms with van der Waals surface area (Å²) < 4.78 is 2.05. The summed E-state index contributed by atoms with van der Waals surface area (Å²) in [6, 6.07) is 14.4. The lowest BCUT2D eigenvalue weighted by Crippen LogP contribution is -2.36. The van der Waals surface area contributed by atoms with Gasteiger partial charge in [-0.1, -0.05) is 37.1 Å². The predicted octanol–water partition coefficient (Wildman–Crippen LogP) is 5.16. The Labute approximate surface area is 172 Å². The molecule has 1 fully saturated rings. The van der Waals surface area contributed by atoms with E-state index in [0.717, 1.165) is 50.0 Å². The second kappa shape index (κ2) is 7.33. The van der Waals surface area contributed by atoms with E-state index in [9.17, 15) is 4.79 Å². The van der Waals surface area contributed by atoms with Crippen LogP contribution in [0.3, 0.4) is 0 Å². The van der Waals surface area contributed by atoms with Crippen molar-refractivity contribution < 1.29 is 4.79 Å². The van der Waals surface area contributed by atoms with Crippen LogP contribution in [-0.4, -0.2) is 22.0 Å². The number of fused-ring (bicyclic) bond motifs is 3. The molecule has 0 radical (unpaired) electrons. The lowest BCUT2D eigenvalue weighted by atomic mass is 10.0. The number of hydrogen-bond acceptors (Lipinski definition) is 5. The second-order valence-corrected chi connectivity index (χ2v) is 8.46. The Morgan fingerprint density at radius 3 is 2.59 bits per heavy atom. The standard InChI is InChI=1S/C22H21N5OS/c23-21-20-19(24-12-25-21)17-10-7-14(11-18(17)29-20)13-5-8-16(9-6-13)27-22(28)26-15-3-1-2-4-15/h5-12,15H,1-4H2,(H2,23,24,25)(H2,26,27,28). The second-order valence-electron chi connectivity index (χ2n) is 7.41. The highest BCUT2D eigenvalue weighted by Gasteiger charge is 2.17. The van der Waals surface area contributed by atoms with E-state index in [0.29, 0.717) is 11.9 Å². The van der Waals surface area contributed by atoms with Crippen molar-refractivity contribution in [1.29, 1.82) is 0 Å². The quantitative estimate of drug-likeness (QED) is 0.441. The summed E-state index contributed by atoms with van der Waals surface area (Å²) in [6.45, 7) is 0. The van der Waals surface area contributed by atoms with Gasteiger partial charge in [-0.05, 0) is 42.2 Å². The van der Waals surface area contributed by atoms with Crippen LogP contribution in [0, 0.1) is 0 Å². The van der Waals surface area contributed by atoms with Crippen molar-refractivity contribution in [3.63, 3.8) is 0 Å². The molecule has 0 spiro atoms. The number of thiophene rings is 1. The minimum Gasteiger partial charge on any atom is -0.382 e. The Morgan fingerprint density at radius 2 is 1.79 bits per heavy atom. The molecule has 0 bridgehead atoms. The van der Waals surface area contributed by atoms with Crippen LogP contribution in [0.25, 0.3) is 31.4 Å². The molecule has 1 aliphatic carbocycles. The lowest BCUT2D eigenvalue weighted by molar-refractivity contribution is 0.248. The van der Waals surface area contributed by atoms with Crippen LogP contribution in [0.5, 0.6) is 0 Å². The van der Waals surface area contributed by atoms with Crippen molar-refractivity contribution in [2.45, 2.75) is 31.7 Å². The maximum Gasteiger partial charge on any atom is 0.319 e. The molecule has 4 aromatic rings. The number of amides is 2. The van der Waals surface area contributed by atoms with E-state index in [1.54, 1.807) is 11.3 Å². The number of carbonyl (C=O) groups is 1. The minimum atomic E-state index is -0.130. The van der Waals surface area contributed by atoms with Gasteiger partial charge in [-0.15, -0.1) is 11.3 Å². The van der Waals surface area contributed by atoms with Gasteiger partial charge >= 0.3 is 6.03 Å². The van der Waals surface area contributed by atoms with Crippen LogP contribution in [0.1, 0.15) is 25.7 Å². The van der Waals surface area contributed by atoms with E-state index >= 15 is 0 Å². The van der Waals surface area contributed by atoms with Crippen LogP contribution in [0.4, 0.5) is 16.3 Å². The zero-order valence-corrected chi connectivity index (χ0v) is 16.6. The monoisotopic (exact) mass is 403 g/mol. The molecule has 2 aromatic carbocycles. The highest BCUT2D eigenvalue weighted by molar-refractivity contribution is 7.26. The SMILES string of the molecule is Nc1ncnc2c1sc1cc(-c3ccc(NC(=O)NC4CCCC4)cc3)ccc12. The van der Waals surface area contributed by atoms with Gasteiger partial charge in [0.05, 0.1) is 10.2 Å². The van der Waals surface area contributed by atoms with Crippen LogP contribution < -0.4 is 16.4 Å². The van der Waals surface area contributed by atoms with Gasteiger partial charge in [0, 0.05) is 21.8 Å². The summed E-state index contributed by atoms with van der Waals surface area (Å²) in [5, 5.41) is 7.05. The molecular formula is C22H21N5OS. The third-order valence-corrected chi connectivity index (χ3v) is 6.61. The number of benzene rings is 2. The summed E-state index contributed by atoms with van der Waals surface area (Å²) in [5.74, 6) is 0.518. The van der Waals surface area contributed by atoms with E-state index < -0.39 is 0 Å². The van der Waals surface area contributed by atoms with Gasteiger partial charge in [0.1, 0.15) is 12.1 Å². The third-order valence-electron chi connectivity index (χ3n) is 5.45. The molecule has 6 nitrogen and oxygen atoms in total. The summed E-state index contributed by atoms with van der Waals surface area (Å²) in [7, 11) is 0. The number of nitrogens with two attached hydrogens (primary N) is 1. The normalized spacial score (nSPS) is 14.5. The Kier molecular flexibility index (Phi) is 4.52. The first-order valence-electron chi connectivity index (χ1n) is 9.78. The van der Waals surface area contributed by atoms with Crippen molar-refractivity contribution in [2.75, 3.05) is 11.1 Å². The van der Waals surface area contributed by atoms with E-state index in [-0.39, 0.29) is 6.03 Å². The molecular weight excluding hydrogens is 382 g/mol. The van der Waals surface area contributed by atoms with Gasteiger partial charge in [-0.2, -0.15) is 0 Å². The molecule has 0 aliphatic heterocycles. The van der Waals surface area contributed by atoms with Crippen LogP contribution in [-0.2, 0) is 0 Å². The number of rotatable bonds is 3. The molecule has 146 valence electrons. The van der Waals surface area contributed by atoms with E-state index in [1.807, 2.05) is 24.3 Å². The fraction of sp³-hybridized carbons (Fsp3) is 0.227. The van der Waals surface area contributed by atoms with Gasteiger partial charge < -0.3 is 16.4 Å². The van der Waals surface area contributed by atoms with Crippen molar-refractivity contribution in [2.24, 2.45) is 0 Å². The zero-order valence-electron chi connectivity index (χ0n) is 15.8. The fourth-order valence-corrected chi connectivity index (χ4v) is 5.04. The number of urea groups is 1. The first-order chi connectivity index (χ1) is 14.2. The molecule has 0 atom stereocenters. The van der Waals surface area contributed by atoms with E-state index in [4.69, 9.17) is 5.73 Å². The van der Waals surface area contributed by atoms with Crippen molar-refractivity contribution >= 4 is 49.2 Å². The largest absolute Gasteiger partial charge is 0.382 e. The average molecular weight is 404 g/mol. The first kappa shape index (κ1) is 17.9. The zero-order chi connectivity index (χ0) is 19.8. The highest BCUT2D eigenvalue weighted by atomic mass is 32.1. The van der Waals surface area contributed by atoms with Crippen molar-refractivity contribution in [3.8, 4) is 11.1 Å². The average Bonchev–Trinajstić information content (AvgIpc) is 3.36. The van der Waals surface area contributed by atoms with Crippen molar-refractivity contribution in [3.05, 3.63) is 48.8 Å². The van der Waals surface area contributed by atoms with Gasteiger partial charge in [0.15, 0.2) is 0 Å². The molecule has 0 unspecified atom stereocenters. The molecule has 0 saturated heterocycles. The Bertz CT molecular complexity index is 1200. The molecule has 2 aromatic heterocycles. The third kappa shape index (κ3) is 3.49. The summed E-state index contributed by atoms with van der Waals surface area (Å²) >= 11 is 1.61. The maximum absolute atomic E-state index is 12.1. The number of carbonyl (C=O) groups excluding carboxylic acids is 1. The Morgan fingerprint density at radius 1 is 1.03 bits per heavy atom. The van der Waals surface area contributed by atoms with Gasteiger partial charge in [0.2, 0.25) is 0 Å². The number of anilines is 2. The Hall–Kier alpha value is -3.19. The van der Waals surface area contributed by atoms with Crippen LogP contribution in [0.15, 0.2) is 48.8 Å². The molecule has 29 heavy (non-hydrogen) atoms. The molecule has 1 aliphatic rings. The Balaban J connectivity index is 1.36. The summed E-state index contributed by atoms with van der Waals surface area (Å²) in [4.78, 5) is 20.6. The first-order valence-corrected chi connectivity index (χ1v) is 10.6. The van der Waals surface area contributed by atoms with E-state index in [2.05, 4.69) is 38.8 Å². The molecule has 2 heterocycles. The number of hydrogen-bond donors (Lipinski definition) is 3. The molecule has 7 heteroatoms. The smallest absolute Gasteiger partial charge is 0.319 e. The summed E-state index contributed by atoms with van der Waals surface area (Å²) in [5.41, 5.74) is 9.88. The molecule has 4 N–H and O–H groups in total. The lowest BCUT2D eigenvalue weighted by Gasteiger charge is -2.13. The van der Waals surface area contributed by atoms with Crippen LogP contribution in [0.2, 0.25) is 0 Å². The molecule has 2 amide bonds. The van der Waals surface area contributed by atoms with Crippen LogP contribution >= 0.6 is 11.3 Å². The summed E-state index contributed by atoms with van der Waals surface area (Å²) in [6.07, 6.45) is 6.05. The maximum atomic E-state index is 12.1. The molecule has 5 rings (SSSR count). The topological polar surface area (TPSA) is 92.9 Å². The van der Waals surface area contributed by atoms with Gasteiger partial charge in [-0.3, -0.25) is 0 Å². The van der Waals surface area contributed by atoms with Crippen molar-refractivity contribution in [1.82, 2.24) is 15.3 Å². The van der Waals surface area contributed by atoms with E-state index in [1.165, 1.54) is 19.2 Å². The number of nitrogens with one attached hydrogen (secondary N) is 2. The highest BCUT2D eigenvalue weighted by Crippen LogP contribution is 2.37. The number of aromatic nitrogens is 2. The predicted molar refractivity (Wildman–Crippen MR) is 119 cm³/mol. The molecule has 1 saturated carbocycles. The number of nitrogens with zero attached hydrogens (tertiary/aromatic N) is 2. The van der Waals surface area contributed by atoms with Gasteiger partial charge in [-0.25, -0.2) is 14.8 Å². The number of nitrogen functional groups attached to an aromatic ring is 1. The van der Waals surface area contributed by atoms with Gasteiger partial charge in [0.25, 0.3) is 0 Å².